The molecule has 0 aliphatic rings. The van der Waals surface area contributed by atoms with Gasteiger partial charge in [0.05, 0.1) is 11.7 Å². The van der Waals surface area contributed by atoms with Crippen molar-refractivity contribution in [2.45, 2.75) is 32.5 Å². The highest BCUT2D eigenvalue weighted by Gasteiger charge is 2.13. The van der Waals surface area contributed by atoms with Gasteiger partial charge in [0, 0.05) is 36.7 Å². The number of benzene rings is 1. The minimum absolute atomic E-state index is 0.278. The number of nitrogens with zero attached hydrogens (tertiary/aromatic N) is 4. The Morgan fingerprint density at radius 3 is 2.61 bits per heavy atom. The van der Waals surface area contributed by atoms with E-state index in [0.29, 0.717) is 6.54 Å². The van der Waals surface area contributed by atoms with Crippen molar-refractivity contribution in [3.8, 4) is 11.4 Å². The Hall–Kier alpha value is -2.53. The predicted octanol–water partition coefficient (Wildman–Crippen LogP) is 3.08. The van der Waals surface area contributed by atoms with Gasteiger partial charge in [-0.15, -0.1) is 0 Å². The molecule has 0 radical (unpaired) electrons. The third kappa shape index (κ3) is 3.81. The van der Waals surface area contributed by atoms with Gasteiger partial charge in [0.25, 0.3) is 0 Å². The molecule has 118 valence electrons. The van der Waals surface area contributed by atoms with Crippen molar-refractivity contribution in [1.82, 2.24) is 25.1 Å². The molecule has 23 heavy (non-hydrogen) atoms. The molecule has 5 nitrogen and oxygen atoms in total. The van der Waals surface area contributed by atoms with Crippen LogP contribution in [0.15, 0.2) is 61.1 Å². The molecule has 3 rings (SSSR count). The van der Waals surface area contributed by atoms with E-state index in [-0.39, 0.29) is 12.1 Å². The molecule has 1 N–H and O–H groups in total. The summed E-state index contributed by atoms with van der Waals surface area (Å²) in [5, 5.41) is 7.81. The Morgan fingerprint density at radius 1 is 1.04 bits per heavy atom. The van der Waals surface area contributed by atoms with Crippen LogP contribution < -0.4 is 5.32 Å². The topological polar surface area (TPSA) is 55.6 Å². The SMILES string of the molecule is C[C@@H](NCc1ccnc(-c2ccccc2)n1)[C@H](C)n1cccn1. The van der Waals surface area contributed by atoms with Crippen molar-refractivity contribution in [1.29, 1.82) is 0 Å². The first-order chi connectivity index (χ1) is 11.2. The van der Waals surface area contributed by atoms with Crippen molar-refractivity contribution < 1.29 is 0 Å². The van der Waals surface area contributed by atoms with Gasteiger partial charge in [0.2, 0.25) is 0 Å². The maximum Gasteiger partial charge on any atom is 0.159 e. The summed E-state index contributed by atoms with van der Waals surface area (Å²) >= 11 is 0. The Morgan fingerprint density at radius 2 is 1.87 bits per heavy atom. The second kappa shape index (κ2) is 7.15. The fourth-order valence-corrected chi connectivity index (χ4v) is 2.41. The monoisotopic (exact) mass is 307 g/mol. The zero-order valence-electron chi connectivity index (χ0n) is 13.4. The number of aromatic nitrogens is 4. The van der Waals surface area contributed by atoms with Gasteiger partial charge in [-0.05, 0) is 26.0 Å². The maximum atomic E-state index is 4.64. The average Bonchev–Trinajstić information content (AvgIpc) is 3.14. The summed E-state index contributed by atoms with van der Waals surface area (Å²) in [6, 6.07) is 14.5. The molecular formula is C18H21N5. The summed E-state index contributed by atoms with van der Waals surface area (Å²) in [6.45, 7) is 5.01. The smallest absolute Gasteiger partial charge is 0.159 e. The van der Waals surface area contributed by atoms with E-state index in [1.807, 2.05) is 59.5 Å². The first-order valence-corrected chi connectivity index (χ1v) is 7.84. The fourth-order valence-electron chi connectivity index (χ4n) is 2.41. The van der Waals surface area contributed by atoms with E-state index >= 15 is 0 Å². The molecule has 0 bridgehead atoms. The van der Waals surface area contributed by atoms with Gasteiger partial charge < -0.3 is 5.32 Å². The van der Waals surface area contributed by atoms with Crippen LogP contribution in [0.25, 0.3) is 11.4 Å². The van der Waals surface area contributed by atoms with Crippen LogP contribution in [0.2, 0.25) is 0 Å². The number of rotatable bonds is 6. The van der Waals surface area contributed by atoms with Gasteiger partial charge in [0.15, 0.2) is 5.82 Å². The molecule has 0 spiro atoms. The lowest BCUT2D eigenvalue weighted by atomic mass is 10.1. The van der Waals surface area contributed by atoms with E-state index in [0.717, 1.165) is 17.1 Å². The summed E-state index contributed by atoms with van der Waals surface area (Å²) in [5.74, 6) is 0.762. The molecule has 1 aromatic carbocycles. The first-order valence-electron chi connectivity index (χ1n) is 7.84. The Bertz CT molecular complexity index is 724. The van der Waals surface area contributed by atoms with E-state index in [1.54, 1.807) is 6.20 Å². The number of hydrogen-bond acceptors (Lipinski definition) is 4. The highest BCUT2D eigenvalue weighted by atomic mass is 15.3. The van der Waals surface area contributed by atoms with Gasteiger partial charge in [-0.3, -0.25) is 4.68 Å². The second-order valence-corrected chi connectivity index (χ2v) is 5.63. The fraction of sp³-hybridized carbons (Fsp3) is 0.278. The molecule has 3 aromatic rings. The quantitative estimate of drug-likeness (QED) is 0.760. The van der Waals surface area contributed by atoms with E-state index in [2.05, 4.69) is 34.2 Å². The van der Waals surface area contributed by atoms with Crippen LogP contribution in [0.1, 0.15) is 25.6 Å². The molecule has 0 unspecified atom stereocenters. The summed E-state index contributed by atoms with van der Waals surface area (Å²) in [6.07, 6.45) is 5.61. The van der Waals surface area contributed by atoms with Crippen molar-refractivity contribution in [3.05, 3.63) is 66.7 Å². The van der Waals surface area contributed by atoms with Gasteiger partial charge in [0.1, 0.15) is 0 Å². The molecule has 2 aromatic heterocycles. The molecular weight excluding hydrogens is 286 g/mol. The van der Waals surface area contributed by atoms with Crippen LogP contribution in [0.3, 0.4) is 0 Å². The van der Waals surface area contributed by atoms with Crippen molar-refractivity contribution in [2.24, 2.45) is 0 Å². The van der Waals surface area contributed by atoms with Crippen LogP contribution in [-0.2, 0) is 6.54 Å². The Labute approximate surface area is 136 Å². The number of hydrogen-bond donors (Lipinski definition) is 1. The normalized spacial score (nSPS) is 13.7. The zero-order chi connectivity index (χ0) is 16.1. The maximum absolute atomic E-state index is 4.64. The standard InChI is InChI=1S/C18H21N5/c1-14(15(2)23-12-6-10-21-23)20-13-17-9-11-19-18(22-17)16-7-4-3-5-8-16/h3-12,14-15,20H,13H2,1-2H3/t14-,15+/m1/s1. The molecule has 0 saturated carbocycles. The predicted molar refractivity (Wildman–Crippen MR) is 90.7 cm³/mol. The molecule has 2 atom stereocenters. The highest BCUT2D eigenvalue weighted by Crippen LogP contribution is 2.14. The van der Waals surface area contributed by atoms with Crippen LogP contribution in [0.5, 0.6) is 0 Å². The zero-order valence-corrected chi connectivity index (χ0v) is 13.4. The molecule has 0 fully saturated rings. The van der Waals surface area contributed by atoms with Crippen molar-refractivity contribution >= 4 is 0 Å². The largest absolute Gasteiger partial charge is 0.307 e. The highest BCUT2D eigenvalue weighted by molar-refractivity contribution is 5.54. The van der Waals surface area contributed by atoms with Gasteiger partial charge in [-0.25, -0.2) is 9.97 Å². The lowest BCUT2D eigenvalue weighted by Gasteiger charge is -2.21. The first kappa shape index (κ1) is 15.4. The van der Waals surface area contributed by atoms with Crippen molar-refractivity contribution in [2.75, 3.05) is 0 Å². The van der Waals surface area contributed by atoms with E-state index in [9.17, 15) is 0 Å². The van der Waals surface area contributed by atoms with E-state index in [1.165, 1.54) is 0 Å². The minimum atomic E-state index is 0.278. The molecule has 0 amide bonds. The molecule has 0 aliphatic carbocycles. The lowest BCUT2D eigenvalue weighted by Crippen LogP contribution is -2.33. The lowest BCUT2D eigenvalue weighted by molar-refractivity contribution is 0.363. The second-order valence-electron chi connectivity index (χ2n) is 5.63. The van der Waals surface area contributed by atoms with Gasteiger partial charge in [-0.2, -0.15) is 5.10 Å². The van der Waals surface area contributed by atoms with Gasteiger partial charge in [-0.1, -0.05) is 30.3 Å². The molecule has 0 aliphatic heterocycles. The Kier molecular flexibility index (Phi) is 4.78. The molecule has 2 heterocycles. The third-order valence-corrected chi connectivity index (χ3v) is 4.02. The van der Waals surface area contributed by atoms with E-state index < -0.39 is 0 Å². The van der Waals surface area contributed by atoms with Gasteiger partial charge >= 0.3 is 0 Å². The van der Waals surface area contributed by atoms with Crippen LogP contribution in [0, 0.1) is 0 Å². The van der Waals surface area contributed by atoms with Crippen LogP contribution >= 0.6 is 0 Å². The number of nitrogens with one attached hydrogen (secondary N) is 1. The Balaban J connectivity index is 1.64. The summed E-state index contributed by atoms with van der Waals surface area (Å²) < 4.78 is 1.97. The summed E-state index contributed by atoms with van der Waals surface area (Å²) in [5.41, 5.74) is 2.02. The minimum Gasteiger partial charge on any atom is -0.307 e. The van der Waals surface area contributed by atoms with E-state index in [4.69, 9.17) is 0 Å². The summed E-state index contributed by atoms with van der Waals surface area (Å²) in [4.78, 5) is 9.00. The molecule has 5 heteroatoms. The molecule has 0 saturated heterocycles. The van der Waals surface area contributed by atoms with Crippen LogP contribution in [-0.4, -0.2) is 25.8 Å². The third-order valence-electron chi connectivity index (χ3n) is 4.02. The average molecular weight is 307 g/mol. The van der Waals surface area contributed by atoms with Crippen molar-refractivity contribution in [3.63, 3.8) is 0 Å². The van der Waals surface area contributed by atoms with Crippen LogP contribution in [0.4, 0.5) is 0 Å². The summed E-state index contributed by atoms with van der Waals surface area (Å²) in [7, 11) is 0.